The van der Waals surface area contributed by atoms with Crippen molar-refractivity contribution in [3.63, 3.8) is 0 Å². The van der Waals surface area contributed by atoms with E-state index in [9.17, 15) is 10.2 Å². The first kappa shape index (κ1) is 36.1. The molecule has 3 rings (SSSR count). The van der Waals surface area contributed by atoms with Gasteiger partial charge in [-0.15, -0.1) is 0 Å². The van der Waals surface area contributed by atoms with Crippen molar-refractivity contribution in [2.75, 3.05) is 14.2 Å². The third-order valence-electron chi connectivity index (χ3n) is 4.86. The first-order chi connectivity index (χ1) is 15.8. The molecule has 0 fully saturated rings. The summed E-state index contributed by atoms with van der Waals surface area (Å²) in [5.74, 6) is 2.21. The van der Waals surface area contributed by atoms with Crippen LogP contribution in [0.3, 0.4) is 0 Å². The summed E-state index contributed by atoms with van der Waals surface area (Å²) in [6, 6.07) is 16.4. The molecule has 0 atom stereocenters. The number of phenolic OH excluding ortho intramolecular Hbond substituents is 2. The molecular weight excluding hydrogens is 533 g/mol. The van der Waals surface area contributed by atoms with Gasteiger partial charge < -0.3 is 44.5 Å². The van der Waals surface area contributed by atoms with Crippen LogP contribution in [-0.4, -0.2) is 33.7 Å². The van der Waals surface area contributed by atoms with Crippen molar-refractivity contribution in [2.24, 2.45) is 0 Å². The van der Waals surface area contributed by atoms with E-state index in [-0.39, 0.29) is 35.6 Å². The van der Waals surface area contributed by atoms with Crippen molar-refractivity contribution < 1.29 is 64.5 Å². The third-order valence-corrected chi connectivity index (χ3v) is 5.32. The Labute approximate surface area is 240 Å². The number of aromatic nitrogens is 1. The summed E-state index contributed by atoms with van der Waals surface area (Å²) in [5, 5.41) is 19.2. The van der Waals surface area contributed by atoms with Gasteiger partial charge in [0.15, 0.2) is 0 Å². The van der Waals surface area contributed by atoms with Crippen LogP contribution in [0.1, 0.15) is 58.4 Å². The maximum absolute atomic E-state index is 9.61. The van der Waals surface area contributed by atoms with Gasteiger partial charge in [-0.05, 0) is 47.2 Å². The number of methoxy groups -OCH3 is 2. The molecule has 0 saturated carbocycles. The fourth-order valence-corrected chi connectivity index (χ4v) is 3.21. The second kappa shape index (κ2) is 16.7. The molecule has 36 heavy (non-hydrogen) atoms. The number of aromatic hydroxyl groups is 2. The maximum atomic E-state index is 9.61. The van der Waals surface area contributed by atoms with Crippen molar-refractivity contribution in [2.45, 2.75) is 52.4 Å². The van der Waals surface area contributed by atoms with Crippen LogP contribution in [0.5, 0.6) is 23.0 Å². The zero-order chi connectivity index (χ0) is 25.9. The number of benzene rings is 2. The molecule has 2 aromatic carbocycles. The van der Waals surface area contributed by atoms with E-state index >= 15 is 0 Å². The van der Waals surface area contributed by atoms with Crippen LogP contribution in [0.4, 0.5) is 0 Å². The van der Waals surface area contributed by atoms with E-state index in [1.807, 2.05) is 54.6 Å². The van der Waals surface area contributed by atoms with Gasteiger partial charge in [0.25, 0.3) is 0 Å². The first-order valence-corrected chi connectivity index (χ1v) is 11.9. The SMILES string of the molecule is COc1ccc(O)c(C(C)(C)C)c1.COc1ccc(O)c(C(C)(C)C)c1.[Cl-].[Cl-].[Ti]=[CH]c1ccccn1. The molecule has 3 aromatic rings. The first-order valence-electron chi connectivity index (χ1n) is 11.0. The standard InChI is InChI=1S/2C11H16O2.C6H5N.2ClH.Ti/c2*1-11(2,3)9-7-8(13-4)5-6-10(9)12;1-6-4-2-3-5-7-6;;;/h2*5-7,12H,1-4H3;1-5H;2*1H;/p-2. The summed E-state index contributed by atoms with van der Waals surface area (Å²) in [5.41, 5.74) is 2.74. The molecule has 1 heterocycles. The van der Waals surface area contributed by atoms with Gasteiger partial charge in [-0.3, -0.25) is 0 Å². The van der Waals surface area contributed by atoms with Gasteiger partial charge in [-0.1, -0.05) is 41.5 Å². The fourth-order valence-electron chi connectivity index (χ4n) is 2.95. The Morgan fingerprint density at radius 3 is 1.39 bits per heavy atom. The molecule has 0 aliphatic heterocycles. The van der Waals surface area contributed by atoms with Gasteiger partial charge in [0.1, 0.15) is 23.0 Å². The number of hydrogen-bond donors (Lipinski definition) is 2. The van der Waals surface area contributed by atoms with Gasteiger partial charge >= 0.3 is 59.4 Å². The zero-order valence-electron chi connectivity index (χ0n) is 22.3. The summed E-state index contributed by atoms with van der Waals surface area (Å²) >= 11 is 1.97. The molecular formula is C28H37Cl2NO4Ti-2. The van der Waals surface area contributed by atoms with Gasteiger partial charge in [-0.2, -0.15) is 0 Å². The number of ether oxygens (including phenoxy) is 2. The summed E-state index contributed by atoms with van der Waals surface area (Å²) in [7, 11) is 3.25. The second-order valence-corrected chi connectivity index (χ2v) is 10.1. The Morgan fingerprint density at radius 2 is 1.14 bits per heavy atom. The third kappa shape index (κ3) is 12.3. The quantitative estimate of drug-likeness (QED) is 0.441. The molecule has 0 unspecified atom stereocenters. The van der Waals surface area contributed by atoms with Crippen molar-refractivity contribution in [1.29, 1.82) is 0 Å². The zero-order valence-corrected chi connectivity index (χ0v) is 25.3. The van der Waals surface area contributed by atoms with Crippen LogP contribution in [0.15, 0.2) is 60.8 Å². The minimum atomic E-state index is -0.0569. The Morgan fingerprint density at radius 1 is 0.722 bits per heavy atom. The van der Waals surface area contributed by atoms with Crippen LogP contribution < -0.4 is 34.3 Å². The molecule has 0 amide bonds. The number of rotatable bonds is 3. The van der Waals surface area contributed by atoms with Crippen molar-refractivity contribution in [3.05, 3.63) is 77.6 Å². The molecule has 198 valence electrons. The Kier molecular flexibility index (Phi) is 16.7. The molecule has 5 nitrogen and oxygen atoms in total. The van der Waals surface area contributed by atoms with Crippen molar-refractivity contribution in [1.82, 2.24) is 4.98 Å². The predicted octanol–water partition coefficient (Wildman–Crippen LogP) is 0.183. The number of hydrogen-bond acceptors (Lipinski definition) is 5. The molecule has 8 heteroatoms. The van der Waals surface area contributed by atoms with Crippen LogP contribution in [0.25, 0.3) is 0 Å². The molecule has 0 bridgehead atoms. The number of nitrogens with zero attached hydrogens (tertiary/aromatic N) is 1. The van der Waals surface area contributed by atoms with E-state index in [0.29, 0.717) is 11.5 Å². The van der Waals surface area contributed by atoms with Crippen LogP contribution in [0.2, 0.25) is 0 Å². The average Bonchev–Trinajstić information content (AvgIpc) is 2.79. The predicted molar refractivity (Wildman–Crippen MR) is 136 cm³/mol. The summed E-state index contributed by atoms with van der Waals surface area (Å²) in [6.07, 6.45) is 1.79. The molecule has 2 N–H and O–H groups in total. The summed E-state index contributed by atoms with van der Waals surface area (Å²) in [6.45, 7) is 12.3. The van der Waals surface area contributed by atoms with E-state index in [2.05, 4.69) is 46.5 Å². The second-order valence-electron chi connectivity index (χ2n) is 9.67. The topological polar surface area (TPSA) is 71.8 Å². The molecule has 0 spiro atoms. The van der Waals surface area contributed by atoms with Gasteiger partial charge in [-0.25, -0.2) is 0 Å². The number of phenols is 2. The monoisotopic (exact) mass is 569 g/mol. The van der Waals surface area contributed by atoms with Crippen molar-refractivity contribution in [3.8, 4) is 23.0 Å². The molecule has 0 radical (unpaired) electrons. The molecule has 0 aliphatic rings. The van der Waals surface area contributed by atoms with Crippen molar-refractivity contribution >= 4 is 4.31 Å². The Balaban J connectivity index is 0. The van der Waals surface area contributed by atoms with Gasteiger partial charge in [0.05, 0.1) is 14.2 Å². The molecule has 0 aliphatic carbocycles. The van der Waals surface area contributed by atoms with E-state index in [0.717, 1.165) is 28.3 Å². The van der Waals surface area contributed by atoms with Crippen LogP contribution in [-0.2, 0) is 30.8 Å². The Bertz CT molecular complexity index is 986. The molecule has 0 saturated heterocycles. The van der Waals surface area contributed by atoms with Crippen LogP contribution >= 0.6 is 0 Å². The number of pyridine rings is 1. The van der Waals surface area contributed by atoms with Gasteiger partial charge in [0.2, 0.25) is 0 Å². The van der Waals surface area contributed by atoms with Crippen LogP contribution in [0, 0.1) is 0 Å². The minimum absolute atomic E-state index is 0. The summed E-state index contributed by atoms with van der Waals surface area (Å²) < 4.78 is 12.2. The van der Waals surface area contributed by atoms with E-state index in [1.165, 1.54) is 0 Å². The summed E-state index contributed by atoms with van der Waals surface area (Å²) in [4.78, 5) is 4.04. The van der Waals surface area contributed by atoms with E-state index in [1.54, 1.807) is 44.7 Å². The van der Waals surface area contributed by atoms with E-state index < -0.39 is 0 Å². The average molecular weight is 570 g/mol. The van der Waals surface area contributed by atoms with Gasteiger partial charge in [0, 0.05) is 11.1 Å². The fraction of sp³-hybridized carbons (Fsp3) is 0.357. The molecule has 1 aromatic heterocycles. The Hall–Kier alpha value is -2.05. The normalized spacial score (nSPS) is 10.1. The number of halogens is 2. The van der Waals surface area contributed by atoms with E-state index in [4.69, 9.17) is 9.47 Å².